The summed E-state index contributed by atoms with van der Waals surface area (Å²) in [6, 6.07) is 9.40. The Balaban J connectivity index is 2.23. The first kappa shape index (κ1) is 19.1. The summed E-state index contributed by atoms with van der Waals surface area (Å²) in [5, 5.41) is 5.45. The summed E-state index contributed by atoms with van der Waals surface area (Å²) in [5.74, 6) is -1.39. The second-order valence-corrected chi connectivity index (χ2v) is 6.63. The number of hydrogen-bond acceptors (Lipinski definition) is 5. The molecule has 1 heterocycles. The molecular weight excluding hydrogens is 334 g/mol. The van der Waals surface area contributed by atoms with E-state index in [2.05, 4.69) is 15.6 Å². The second-order valence-electron chi connectivity index (χ2n) is 6.63. The number of carbonyl (C=O) groups excluding carboxylic acids is 3. The molecule has 2 N–H and O–H groups in total. The van der Waals surface area contributed by atoms with Crippen LogP contribution in [0.3, 0.4) is 0 Å². The minimum Gasteiger partial charge on any atom is -0.465 e. The van der Waals surface area contributed by atoms with Crippen LogP contribution in [0.4, 0.5) is 5.69 Å². The van der Waals surface area contributed by atoms with Crippen molar-refractivity contribution < 1.29 is 19.1 Å². The Labute approximate surface area is 151 Å². The monoisotopic (exact) mass is 355 g/mol. The molecule has 0 saturated carbocycles. The lowest BCUT2D eigenvalue weighted by Crippen LogP contribution is -2.41. The van der Waals surface area contributed by atoms with Crippen LogP contribution in [0.15, 0.2) is 42.6 Å². The van der Waals surface area contributed by atoms with E-state index in [1.54, 1.807) is 24.3 Å². The molecule has 0 radical (unpaired) electrons. The van der Waals surface area contributed by atoms with Crippen molar-refractivity contribution in [3.8, 4) is 0 Å². The average molecular weight is 355 g/mol. The maximum absolute atomic E-state index is 12.5. The number of nitrogens with one attached hydrogen (secondary N) is 2. The summed E-state index contributed by atoms with van der Waals surface area (Å²) >= 11 is 0. The zero-order valence-electron chi connectivity index (χ0n) is 15.1. The summed E-state index contributed by atoms with van der Waals surface area (Å²) in [6.07, 6.45) is 1.39. The molecule has 1 aromatic carbocycles. The van der Waals surface area contributed by atoms with Gasteiger partial charge < -0.3 is 15.4 Å². The number of aromatic nitrogens is 1. The van der Waals surface area contributed by atoms with Crippen LogP contribution in [-0.4, -0.2) is 35.4 Å². The van der Waals surface area contributed by atoms with Crippen molar-refractivity contribution in [2.75, 3.05) is 12.4 Å². The number of para-hydroxylation sites is 1. The predicted octanol–water partition coefficient (Wildman–Crippen LogP) is 2.65. The fraction of sp³-hybridized carbons (Fsp3) is 0.263. The van der Waals surface area contributed by atoms with Gasteiger partial charge in [-0.05, 0) is 45.0 Å². The summed E-state index contributed by atoms with van der Waals surface area (Å²) in [4.78, 5) is 40.5. The van der Waals surface area contributed by atoms with Crippen molar-refractivity contribution in [3.63, 3.8) is 0 Å². The van der Waals surface area contributed by atoms with Gasteiger partial charge in [-0.25, -0.2) is 4.79 Å². The molecule has 136 valence electrons. The summed E-state index contributed by atoms with van der Waals surface area (Å²) in [6.45, 7) is 5.56. The van der Waals surface area contributed by atoms with Crippen molar-refractivity contribution in [1.29, 1.82) is 0 Å². The molecule has 2 amide bonds. The third kappa shape index (κ3) is 4.89. The van der Waals surface area contributed by atoms with Crippen LogP contribution in [0.1, 0.15) is 52.0 Å². The Morgan fingerprint density at radius 2 is 1.73 bits per heavy atom. The molecule has 0 bridgehead atoms. The third-order valence-corrected chi connectivity index (χ3v) is 3.32. The molecule has 0 aliphatic heterocycles. The van der Waals surface area contributed by atoms with E-state index in [0.717, 1.165) is 0 Å². The molecule has 2 rings (SSSR count). The highest BCUT2D eigenvalue weighted by Gasteiger charge is 2.19. The maximum Gasteiger partial charge on any atom is 0.339 e. The molecule has 2 aromatic rings. The number of amides is 2. The SMILES string of the molecule is COC(=O)c1ccccc1NC(=O)c1ccnc(C(=O)NC(C)(C)C)c1. The van der Waals surface area contributed by atoms with Crippen LogP contribution < -0.4 is 10.6 Å². The highest BCUT2D eigenvalue weighted by molar-refractivity contribution is 6.08. The fourth-order valence-electron chi connectivity index (χ4n) is 2.18. The number of esters is 1. The van der Waals surface area contributed by atoms with Crippen LogP contribution in [0, 0.1) is 0 Å². The number of anilines is 1. The predicted molar refractivity (Wildman–Crippen MR) is 97.2 cm³/mol. The van der Waals surface area contributed by atoms with Gasteiger partial charge in [-0.1, -0.05) is 12.1 Å². The number of pyridine rings is 1. The molecule has 0 saturated heterocycles. The van der Waals surface area contributed by atoms with Gasteiger partial charge in [-0.2, -0.15) is 0 Å². The first-order valence-corrected chi connectivity index (χ1v) is 7.98. The van der Waals surface area contributed by atoms with Crippen molar-refractivity contribution in [1.82, 2.24) is 10.3 Å². The number of benzene rings is 1. The van der Waals surface area contributed by atoms with Gasteiger partial charge in [0, 0.05) is 17.3 Å². The smallest absolute Gasteiger partial charge is 0.339 e. The van der Waals surface area contributed by atoms with Crippen LogP contribution in [0.2, 0.25) is 0 Å². The molecule has 0 aliphatic rings. The van der Waals surface area contributed by atoms with Gasteiger partial charge in [0.15, 0.2) is 0 Å². The Bertz CT molecular complexity index is 841. The first-order chi connectivity index (χ1) is 12.2. The highest BCUT2D eigenvalue weighted by atomic mass is 16.5. The summed E-state index contributed by atoms with van der Waals surface area (Å²) < 4.78 is 4.71. The number of rotatable bonds is 4. The van der Waals surface area contributed by atoms with E-state index in [1.165, 1.54) is 25.4 Å². The number of carbonyl (C=O) groups is 3. The van der Waals surface area contributed by atoms with Gasteiger partial charge in [0.05, 0.1) is 18.4 Å². The number of nitrogens with zero attached hydrogens (tertiary/aromatic N) is 1. The molecule has 0 aliphatic carbocycles. The maximum atomic E-state index is 12.5. The largest absolute Gasteiger partial charge is 0.465 e. The Morgan fingerprint density at radius 3 is 2.38 bits per heavy atom. The minimum atomic E-state index is -0.555. The topological polar surface area (TPSA) is 97.4 Å². The molecule has 1 aromatic heterocycles. The highest BCUT2D eigenvalue weighted by Crippen LogP contribution is 2.17. The van der Waals surface area contributed by atoms with Crippen molar-refractivity contribution >= 4 is 23.5 Å². The average Bonchev–Trinajstić information content (AvgIpc) is 2.60. The number of ether oxygens (including phenoxy) is 1. The van der Waals surface area contributed by atoms with Gasteiger partial charge in [-0.3, -0.25) is 14.6 Å². The molecule has 7 nitrogen and oxygen atoms in total. The number of hydrogen-bond donors (Lipinski definition) is 2. The van der Waals surface area contributed by atoms with E-state index < -0.39 is 17.4 Å². The molecule has 0 unspecified atom stereocenters. The normalized spacial score (nSPS) is 10.8. The van der Waals surface area contributed by atoms with Crippen molar-refractivity contribution in [3.05, 3.63) is 59.4 Å². The standard InChI is InChI=1S/C19H21N3O4/c1-19(2,3)22-17(24)15-11-12(9-10-20-15)16(23)21-14-8-6-5-7-13(14)18(25)26-4/h5-11H,1-4H3,(H,21,23)(H,22,24). The quantitative estimate of drug-likeness (QED) is 0.822. The van der Waals surface area contributed by atoms with Crippen LogP contribution in [-0.2, 0) is 4.74 Å². The van der Waals surface area contributed by atoms with Crippen LogP contribution >= 0.6 is 0 Å². The Morgan fingerprint density at radius 1 is 1.04 bits per heavy atom. The van der Waals surface area contributed by atoms with E-state index >= 15 is 0 Å². The fourth-order valence-corrected chi connectivity index (χ4v) is 2.18. The van der Waals surface area contributed by atoms with Gasteiger partial charge in [-0.15, -0.1) is 0 Å². The van der Waals surface area contributed by atoms with E-state index in [0.29, 0.717) is 5.69 Å². The van der Waals surface area contributed by atoms with Crippen molar-refractivity contribution in [2.24, 2.45) is 0 Å². The molecular formula is C19H21N3O4. The van der Waals surface area contributed by atoms with Crippen LogP contribution in [0.5, 0.6) is 0 Å². The summed E-state index contributed by atoms with van der Waals surface area (Å²) in [7, 11) is 1.27. The van der Waals surface area contributed by atoms with E-state index in [-0.39, 0.29) is 22.7 Å². The molecule has 0 spiro atoms. The zero-order valence-corrected chi connectivity index (χ0v) is 15.1. The van der Waals surface area contributed by atoms with Crippen LogP contribution in [0.25, 0.3) is 0 Å². The lowest BCUT2D eigenvalue weighted by Gasteiger charge is -2.20. The second kappa shape index (κ2) is 7.77. The minimum absolute atomic E-state index is 0.133. The number of methoxy groups -OCH3 is 1. The Kier molecular flexibility index (Phi) is 5.71. The van der Waals surface area contributed by atoms with Gasteiger partial charge in [0.2, 0.25) is 0 Å². The van der Waals surface area contributed by atoms with Gasteiger partial charge >= 0.3 is 5.97 Å². The lowest BCUT2D eigenvalue weighted by molar-refractivity contribution is 0.0601. The first-order valence-electron chi connectivity index (χ1n) is 7.98. The Hall–Kier alpha value is -3.22. The summed E-state index contributed by atoms with van der Waals surface area (Å²) in [5.41, 5.74) is 0.522. The van der Waals surface area contributed by atoms with E-state index in [4.69, 9.17) is 4.74 Å². The van der Waals surface area contributed by atoms with E-state index in [1.807, 2.05) is 20.8 Å². The van der Waals surface area contributed by atoms with E-state index in [9.17, 15) is 14.4 Å². The zero-order chi connectivity index (χ0) is 19.3. The van der Waals surface area contributed by atoms with Gasteiger partial charge in [0.25, 0.3) is 11.8 Å². The molecule has 0 atom stereocenters. The molecule has 0 fully saturated rings. The molecule has 26 heavy (non-hydrogen) atoms. The third-order valence-electron chi connectivity index (χ3n) is 3.32. The lowest BCUT2D eigenvalue weighted by atomic mass is 10.1. The molecule has 7 heteroatoms. The van der Waals surface area contributed by atoms with Gasteiger partial charge in [0.1, 0.15) is 5.69 Å². The van der Waals surface area contributed by atoms with Crippen molar-refractivity contribution in [2.45, 2.75) is 26.3 Å².